The number of nitrogens with zero attached hydrogens (tertiary/aromatic N) is 3. The van der Waals surface area contributed by atoms with E-state index in [1.165, 1.54) is 83.0 Å². The van der Waals surface area contributed by atoms with Crippen molar-refractivity contribution in [3.8, 4) is 11.1 Å². The van der Waals surface area contributed by atoms with Crippen LogP contribution in [0.5, 0.6) is 0 Å². The van der Waals surface area contributed by atoms with Crippen LogP contribution in [0.4, 0.5) is 11.4 Å². The molecule has 4 aliphatic rings. The summed E-state index contributed by atoms with van der Waals surface area (Å²) in [5.74, 6) is 0.212. The highest BCUT2D eigenvalue weighted by atomic mass is 32.2. The second kappa shape index (κ2) is 12.5. The second-order valence-electron chi connectivity index (χ2n) is 15.1. The molecule has 264 valence electrons. The van der Waals surface area contributed by atoms with E-state index in [-0.39, 0.29) is 23.4 Å². The number of aromatic nitrogens is 1. The summed E-state index contributed by atoms with van der Waals surface area (Å²) in [6.45, 7) is 0. The first-order chi connectivity index (χ1) is 27.8. The molecule has 8 aromatic rings. The highest BCUT2D eigenvalue weighted by Gasteiger charge is 2.45. The first kappa shape index (κ1) is 31.8. The molecule has 2 aliphatic carbocycles. The van der Waals surface area contributed by atoms with Gasteiger partial charge in [-0.2, -0.15) is 4.57 Å². The van der Waals surface area contributed by atoms with Crippen molar-refractivity contribution in [2.45, 2.75) is 23.4 Å². The predicted octanol–water partition coefficient (Wildman–Crippen LogP) is 12.4. The van der Waals surface area contributed by atoms with Gasteiger partial charge in [0.2, 0.25) is 6.04 Å². The van der Waals surface area contributed by atoms with E-state index in [1.807, 2.05) is 11.8 Å². The van der Waals surface area contributed by atoms with Crippen LogP contribution < -0.4 is 9.47 Å². The Labute approximate surface area is 330 Å². The monoisotopic (exact) mass is 734 g/mol. The van der Waals surface area contributed by atoms with E-state index in [4.69, 9.17) is 4.99 Å². The molecule has 3 heterocycles. The maximum Gasteiger partial charge on any atom is 0.203 e. The van der Waals surface area contributed by atoms with Gasteiger partial charge in [0.1, 0.15) is 16.5 Å². The largest absolute Gasteiger partial charge is 0.326 e. The molecular formula is C52H36N3S+. The molecule has 0 radical (unpaired) electrons. The molecule has 0 amide bonds. The highest BCUT2D eigenvalue weighted by molar-refractivity contribution is 8.15. The molecule has 0 saturated heterocycles. The SMILES string of the molecule is C1=CC([n+]2ccccc2)c2c1c1c(c3cc(-c4cccc5c6c(ccc45)N(c4ccccc4)C4SC(c5ccccc5)=NC64)ccc23)C=CC1c1ccccc1. The van der Waals surface area contributed by atoms with Gasteiger partial charge in [-0.1, -0.05) is 151 Å². The summed E-state index contributed by atoms with van der Waals surface area (Å²) >= 11 is 1.89. The maximum atomic E-state index is 5.49. The number of anilines is 2. The molecule has 0 spiro atoms. The number of allylic oxidation sites excluding steroid dienone is 2. The van der Waals surface area contributed by atoms with Crippen LogP contribution in [0.15, 0.2) is 187 Å². The van der Waals surface area contributed by atoms with Gasteiger partial charge in [0.05, 0.1) is 0 Å². The first-order valence-corrected chi connectivity index (χ1v) is 20.4. The van der Waals surface area contributed by atoms with Crippen LogP contribution in [0.3, 0.4) is 0 Å². The standard InChI is InChI=1S/C52H36N3S/c1-5-14-33(15-6-1)38-24-25-41-44-32-35(22-23-42(44)48-43(47(38)41)27-28-45(48)54-30-11-4-12-31-54)37-20-13-21-40-39(37)26-29-46-49(40)50-52(55(46)36-18-9-3-10-19-36)56-51(53-50)34-16-7-2-8-17-34/h1-32,38,45,50,52H/q+1. The van der Waals surface area contributed by atoms with Crippen molar-refractivity contribution in [3.63, 3.8) is 0 Å². The number of hydrogen-bond donors (Lipinski definition) is 0. The predicted molar refractivity (Wildman–Crippen MR) is 234 cm³/mol. The van der Waals surface area contributed by atoms with Crippen LogP contribution in [0.25, 0.3) is 44.8 Å². The van der Waals surface area contributed by atoms with Crippen molar-refractivity contribution in [3.05, 3.63) is 221 Å². The number of benzene rings is 7. The van der Waals surface area contributed by atoms with Gasteiger partial charge >= 0.3 is 0 Å². The minimum absolute atomic E-state index is 0.0202. The Morgan fingerprint density at radius 1 is 0.536 bits per heavy atom. The zero-order valence-corrected chi connectivity index (χ0v) is 31.4. The van der Waals surface area contributed by atoms with E-state index in [1.54, 1.807) is 0 Å². The number of para-hydroxylation sites is 1. The van der Waals surface area contributed by atoms with Crippen LogP contribution in [-0.2, 0) is 0 Å². The van der Waals surface area contributed by atoms with E-state index >= 15 is 0 Å². The van der Waals surface area contributed by atoms with Crippen molar-refractivity contribution >= 4 is 61.9 Å². The van der Waals surface area contributed by atoms with Crippen molar-refractivity contribution in [2.75, 3.05) is 4.90 Å². The third kappa shape index (κ3) is 4.72. The van der Waals surface area contributed by atoms with Crippen LogP contribution in [0, 0.1) is 0 Å². The van der Waals surface area contributed by atoms with E-state index in [0.717, 1.165) is 5.04 Å². The fraction of sp³-hybridized carbons (Fsp3) is 0.0769. The lowest BCUT2D eigenvalue weighted by molar-refractivity contribution is -0.702. The van der Waals surface area contributed by atoms with Crippen LogP contribution in [0.1, 0.15) is 56.9 Å². The fourth-order valence-corrected chi connectivity index (χ4v) is 11.1. The molecule has 1 aromatic heterocycles. The van der Waals surface area contributed by atoms with Gasteiger partial charge in [-0.05, 0) is 85.3 Å². The maximum absolute atomic E-state index is 5.49. The van der Waals surface area contributed by atoms with Gasteiger partial charge in [0.15, 0.2) is 12.4 Å². The number of fused-ring (bicyclic) bond motifs is 11. The summed E-state index contributed by atoms with van der Waals surface area (Å²) in [6, 6.07) is 57.7. The highest BCUT2D eigenvalue weighted by Crippen LogP contribution is 2.57. The average Bonchev–Trinajstić information content (AvgIpc) is 4.07. The minimum Gasteiger partial charge on any atom is -0.326 e. The fourth-order valence-electron chi connectivity index (χ4n) is 9.80. The number of rotatable bonds is 5. The van der Waals surface area contributed by atoms with Gasteiger partial charge in [0.25, 0.3) is 0 Å². The number of hydrogen-bond acceptors (Lipinski definition) is 3. The van der Waals surface area contributed by atoms with Gasteiger partial charge in [-0.15, -0.1) is 0 Å². The number of thioether (sulfide) groups is 1. The Kier molecular flexibility index (Phi) is 7.12. The average molecular weight is 735 g/mol. The Bertz CT molecular complexity index is 2950. The molecule has 4 atom stereocenters. The Morgan fingerprint density at radius 3 is 2.07 bits per heavy atom. The summed E-state index contributed by atoms with van der Waals surface area (Å²) in [4.78, 5) is 8.00. The smallest absolute Gasteiger partial charge is 0.203 e. The lowest BCUT2D eigenvalue weighted by Crippen LogP contribution is -2.37. The summed E-state index contributed by atoms with van der Waals surface area (Å²) in [5.41, 5.74) is 14.3. The first-order valence-electron chi connectivity index (χ1n) is 19.5. The van der Waals surface area contributed by atoms with Gasteiger partial charge < -0.3 is 4.90 Å². The summed E-state index contributed by atoms with van der Waals surface area (Å²) in [6.07, 6.45) is 13.9. The van der Waals surface area contributed by atoms with Gasteiger partial charge in [-0.3, -0.25) is 4.99 Å². The van der Waals surface area contributed by atoms with Gasteiger partial charge in [0, 0.05) is 46.1 Å². The Morgan fingerprint density at radius 2 is 1.25 bits per heavy atom. The zero-order chi connectivity index (χ0) is 36.7. The summed E-state index contributed by atoms with van der Waals surface area (Å²) in [7, 11) is 0. The molecular weight excluding hydrogens is 699 g/mol. The van der Waals surface area contributed by atoms with Crippen LogP contribution in [0.2, 0.25) is 0 Å². The van der Waals surface area contributed by atoms with Crippen molar-refractivity contribution in [1.29, 1.82) is 0 Å². The number of aliphatic imine (C=N–C) groups is 1. The molecule has 3 nitrogen and oxygen atoms in total. The summed E-state index contributed by atoms with van der Waals surface area (Å²) in [5, 5.41) is 6.44. The van der Waals surface area contributed by atoms with E-state index < -0.39 is 0 Å². The third-order valence-corrected chi connectivity index (χ3v) is 13.5. The van der Waals surface area contributed by atoms with Crippen LogP contribution >= 0.6 is 11.8 Å². The molecule has 2 aliphatic heterocycles. The van der Waals surface area contributed by atoms with E-state index in [0.29, 0.717) is 0 Å². The normalized spacial score (nSPS) is 20.0. The molecule has 4 unspecified atom stereocenters. The molecule has 0 bridgehead atoms. The second-order valence-corrected chi connectivity index (χ2v) is 16.3. The zero-order valence-electron chi connectivity index (χ0n) is 30.5. The minimum atomic E-state index is 0.0202. The molecule has 12 rings (SSSR count). The van der Waals surface area contributed by atoms with Gasteiger partial charge in [-0.25, -0.2) is 0 Å². The van der Waals surface area contributed by atoms with Crippen molar-refractivity contribution in [2.24, 2.45) is 4.99 Å². The Hall–Kier alpha value is -6.49. The Balaban J connectivity index is 1.05. The molecule has 4 heteroatoms. The van der Waals surface area contributed by atoms with E-state index in [2.05, 4.69) is 204 Å². The van der Waals surface area contributed by atoms with E-state index in [9.17, 15) is 0 Å². The lowest BCUT2D eigenvalue weighted by atomic mass is 9.83. The molecule has 0 saturated carbocycles. The molecule has 0 N–H and O–H groups in total. The molecule has 0 fully saturated rings. The van der Waals surface area contributed by atoms with Crippen molar-refractivity contribution < 1.29 is 4.57 Å². The lowest BCUT2D eigenvalue weighted by Gasteiger charge is -2.26. The quantitative estimate of drug-likeness (QED) is 0.164. The molecule has 7 aromatic carbocycles. The third-order valence-electron chi connectivity index (χ3n) is 12.2. The van der Waals surface area contributed by atoms with Crippen LogP contribution in [-0.4, -0.2) is 10.4 Å². The molecule has 56 heavy (non-hydrogen) atoms. The number of pyridine rings is 1. The van der Waals surface area contributed by atoms with Crippen molar-refractivity contribution in [1.82, 2.24) is 0 Å². The topological polar surface area (TPSA) is 19.5 Å². The summed E-state index contributed by atoms with van der Waals surface area (Å²) < 4.78 is 2.34.